The number of ether oxygens (including phenoxy) is 2. The molecule has 1 aromatic carbocycles. The third-order valence-electron chi connectivity index (χ3n) is 3.67. The molecule has 1 N–H and O–H groups in total. The van der Waals surface area contributed by atoms with E-state index in [-0.39, 0.29) is 6.04 Å². The first-order valence-corrected chi connectivity index (χ1v) is 7.92. The van der Waals surface area contributed by atoms with Gasteiger partial charge < -0.3 is 14.8 Å². The minimum absolute atomic E-state index is 0.191. The van der Waals surface area contributed by atoms with E-state index in [1.807, 2.05) is 29.8 Å². The first-order valence-electron chi connectivity index (χ1n) is 7.11. The van der Waals surface area contributed by atoms with Crippen molar-refractivity contribution in [2.75, 3.05) is 19.0 Å². The van der Waals surface area contributed by atoms with Crippen LogP contribution in [0.15, 0.2) is 24.4 Å². The van der Waals surface area contributed by atoms with Crippen LogP contribution in [0.25, 0.3) is 4.96 Å². The Morgan fingerprint density at radius 3 is 3.18 bits per heavy atom. The molecule has 0 spiro atoms. The maximum Gasteiger partial charge on any atom is 0.214 e. The van der Waals surface area contributed by atoms with E-state index in [0.29, 0.717) is 6.61 Å². The Bertz CT molecular complexity index is 795. The van der Waals surface area contributed by atoms with Gasteiger partial charge in [0, 0.05) is 5.56 Å². The monoisotopic (exact) mass is 316 g/mol. The van der Waals surface area contributed by atoms with Gasteiger partial charge in [-0.15, -0.1) is 5.10 Å². The van der Waals surface area contributed by atoms with Crippen molar-refractivity contribution in [1.82, 2.24) is 14.6 Å². The third kappa shape index (κ3) is 2.27. The molecule has 1 aliphatic rings. The summed E-state index contributed by atoms with van der Waals surface area (Å²) < 4.78 is 13.0. The van der Waals surface area contributed by atoms with Gasteiger partial charge in [-0.1, -0.05) is 23.5 Å². The van der Waals surface area contributed by atoms with Gasteiger partial charge in [-0.25, -0.2) is 9.50 Å². The zero-order chi connectivity index (χ0) is 15.1. The predicted molar refractivity (Wildman–Crippen MR) is 85.2 cm³/mol. The molecule has 0 bridgehead atoms. The SMILES string of the molecule is COc1cccc2c1OC[C@H](Nc1nn3cc(C)nc3s1)C2. The topological polar surface area (TPSA) is 60.7 Å². The maximum absolute atomic E-state index is 5.87. The van der Waals surface area contributed by atoms with Crippen LogP contribution in [0.3, 0.4) is 0 Å². The summed E-state index contributed by atoms with van der Waals surface area (Å²) in [5.74, 6) is 1.65. The van der Waals surface area contributed by atoms with E-state index in [2.05, 4.69) is 21.5 Å². The summed E-state index contributed by atoms with van der Waals surface area (Å²) in [6, 6.07) is 6.18. The van der Waals surface area contributed by atoms with Crippen LogP contribution in [-0.2, 0) is 6.42 Å². The van der Waals surface area contributed by atoms with E-state index in [4.69, 9.17) is 9.47 Å². The molecule has 2 aromatic heterocycles. The van der Waals surface area contributed by atoms with E-state index in [1.54, 1.807) is 18.4 Å². The lowest BCUT2D eigenvalue weighted by Gasteiger charge is -2.26. The highest BCUT2D eigenvalue weighted by atomic mass is 32.1. The van der Waals surface area contributed by atoms with E-state index >= 15 is 0 Å². The van der Waals surface area contributed by atoms with Gasteiger partial charge in [0.25, 0.3) is 0 Å². The number of fused-ring (bicyclic) bond motifs is 2. The van der Waals surface area contributed by atoms with Gasteiger partial charge in [-0.3, -0.25) is 0 Å². The molecule has 0 aliphatic carbocycles. The first-order chi connectivity index (χ1) is 10.7. The van der Waals surface area contributed by atoms with Crippen molar-refractivity contribution in [2.24, 2.45) is 0 Å². The normalized spacial score (nSPS) is 17.1. The van der Waals surface area contributed by atoms with Crippen LogP contribution in [-0.4, -0.2) is 34.4 Å². The number of imidazole rings is 1. The summed E-state index contributed by atoms with van der Waals surface area (Å²) >= 11 is 1.55. The van der Waals surface area contributed by atoms with Crippen molar-refractivity contribution < 1.29 is 9.47 Å². The average Bonchev–Trinajstić information content (AvgIpc) is 3.02. The molecule has 1 atom stereocenters. The summed E-state index contributed by atoms with van der Waals surface area (Å²) in [5.41, 5.74) is 2.13. The second-order valence-electron chi connectivity index (χ2n) is 5.32. The molecule has 114 valence electrons. The number of aromatic nitrogens is 3. The Morgan fingerprint density at radius 1 is 1.45 bits per heavy atom. The van der Waals surface area contributed by atoms with E-state index in [0.717, 1.165) is 39.3 Å². The Hall–Kier alpha value is -2.28. The highest BCUT2D eigenvalue weighted by molar-refractivity contribution is 7.20. The van der Waals surface area contributed by atoms with Crippen LogP contribution in [0.2, 0.25) is 0 Å². The number of aryl methyl sites for hydroxylation is 1. The lowest BCUT2D eigenvalue weighted by molar-refractivity contribution is 0.256. The molecule has 0 amide bonds. The molecule has 7 heteroatoms. The van der Waals surface area contributed by atoms with Crippen LogP contribution in [0.1, 0.15) is 11.3 Å². The third-order valence-corrected chi connectivity index (χ3v) is 4.52. The fourth-order valence-corrected chi connectivity index (χ4v) is 3.59. The quantitative estimate of drug-likeness (QED) is 0.804. The summed E-state index contributed by atoms with van der Waals surface area (Å²) in [6.07, 6.45) is 2.81. The number of benzene rings is 1. The van der Waals surface area contributed by atoms with Crippen molar-refractivity contribution in [2.45, 2.75) is 19.4 Å². The zero-order valence-electron chi connectivity index (χ0n) is 12.4. The maximum atomic E-state index is 5.87. The Labute approximate surface area is 131 Å². The molecular formula is C15H16N4O2S. The number of nitrogens with one attached hydrogen (secondary N) is 1. The van der Waals surface area contributed by atoms with Gasteiger partial charge in [-0.2, -0.15) is 0 Å². The first kappa shape index (κ1) is 13.4. The van der Waals surface area contributed by atoms with Crippen molar-refractivity contribution in [3.63, 3.8) is 0 Å². The summed E-state index contributed by atoms with van der Waals surface area (Å²) in [4.78, 5) is 5.32. The summed E-state index contributed by atoms with van der Waals surface area (Å²) in [7, 11) is 1.66. The number of nitrogens with zero attached hydrogens (tertiary/aromatic N) is 3. The van der Waals surface area contributed by atoms with Crippen molar-refractivity contribution in [3.05, 3.63) is 35.7 Å². The van der Waals surface area contributed by atoms with E-state index < -0.39 is 0 Å². The van der Waals surface area contributed by atoms with Crippen LogP contribution in [0.5, 0.6) is 11.5 Å². The number of para-hydroxylation sites is 1. The molecule has 0 unspecified atom stereocenters. The van der Waals surface area contributed by atoms with Gasteiger partial charge >= 0.3 is 0 Å². The Balaban J connectivity index is 1.53. The minimum atomic E-state index is 0.191. The lowest BCUT2D eigenvalue weighted by atomic mass is 10.0. The molecule has 0 fully saturated rings. The van der Waals surface area contributed by atoms with Crippen molar-refractivity contribution >= 4 is 21.4 Å². The number of methoxy groups -OCH3 is 1. The Kier molecular flexibility index (Phi) is 3.15. The molecule has 4 rings (SSSR count). The molecule has 0 saturated heterocycles. The zero-order valence-corrected chi connectivity index (χ0v) is 13.2. The smallest absolute Gasteiger partial charge is 0.214 e. The highest BCUT2D eigenvalue weighted by Gasteiger charge is 2.23. The van der Waals surface area contributed by atoms with Gasteiger partial charge in [0.05, 0.1) is 25.0 Å². The van der Waals surface area contributed by atoms with Crippen molar-refractivity contribution in [1.29, 1.82) is 0 Å². The Morgan fingerprint density at radius 2 is 2.36 bits per heavy atom. The fraction of sp³-hybridized carbons (Fsp3) is 0.333. The number of hydrogen-bond donors (Lipinski definition) is 1. The molecule has 0 saturated carbocycles. The van der Waals surface area contributed by atoms with Gasteiger partial charge in [-0.05, 0) is 19.4 Å². The van der Waals surface area contributed by atoms with E-state index in [1.165, 1.54) is 0 Å². The fourth-order valence-electron chi connectivity index (χ4n) is 2.69. The van der Waals surface area contributed by atoms with Gasteiger partial charge in [0.1, 0.15) is 6.61 Å². The van der Waals surface area contributed by atoms with Gasteiger partial charge in [0.15, 0.2) is 11.5 Å². The second-order valence-corrected chi connectivity index (χ2v) is 6.28. The lowest BCUT2D eigenvalue weighted by Crippen LogP contribution is -2.33. The molecule has 0 radical (unpaired) electrons. The number of rotatable bonds is 3. The highest BCUT2D eigenvalue weighted by Crippen LogP contribution is 2.35. The number of anilines is 1. The van der Waals surface area contributed by atoms with Crippen LogP contribution >= 0.6 is 11.3 Å². The van der Waals surface area contributed by atoms with Crippen molar-refractivity contribution in [3.8, 4) is 11.5 Å². The molecule has 3 heterocycles. The predicted octanol–water partition coefficient (Wildman–Crippen LogP) is 2.52. The standard InChI is InChI=1S/C15H16N4O2S/c1-9-7-19-15(16-9)22-14(18-19)17-11-6-10-4-3-5-12(20-2)13(10)21-8-11/h3-5,7,11H,6,8H2,1-2H3,(H,17,18)/t11-/m1/s1. The number of hydrogen-bond acceptors (Lipinski definition) is 6. The summed E-state index contributed by atoms with van der Waals surface area (Å²) in [5, 5.41) is 8.80. The molecular weight excluding hydrogens is 300 g/mol. The molecule has 1 aliphatic heterocycles. The van der Waals surface area contributed by atoms with Crippen LogP contribution < -0.4 is 14.8 Å². The molecule has 3 aromatic rings. The average molecular weight is 316 g/mol. The molecule has 22 heavy (non-hydrogen) atoms. The summed E-state index contributed by atoms with van der Waals surface area (Å²) in [6.45, 7) is 2.56. The second kappa shape index (κ2) is 5.17. The largest absolute Gasteiger partial charge is 0.493 e. The van der Waals surface area contributed by atoms with Gasteiger partial charge in [0.2, 0.25) is 10.1 Å². The van der Waals surface area contributed by atoms with Crippen LogP contribution in [0, 0.1) is 6.92 Å². The van der Waals surface area contributed by atoms with Crippen LogP contribution in [0.4, 0.5) is 5.13 Å². The minimum Gasteiger partial charge on any atom is -0.493 e. The molecule has 6 nitrogen and oxygen atoms in total. The van der Waals surface area contributed by atoms with E-state index in [9.17, 15) is 0 Å².